The number of likely N-dealkylation sites (tertiary alicyclic amines) is 1. The first-order valence-corrected chi connectivity index (χ1v) is 11.9. The first-order valence-electron chi connectivity index (χ1n) is 11.1. The van der Waals surface area contributed by atoms with Gasteiger partial charge in [-0.25, -0.2) is 9.37 Å². The number of amides is 2. The Balaban J connectivity index is 0.00000144. The third kappa shape index (κ3) is 4.18. The number of imide groups is 1. The Labute approximate surface area is 218 Å². The van der Waals surface area contributed by atoms with E-state index in [-0.39, 0.29) is 66.5 Å². The summed E-state index contributed by atoms with van der Waals surface area (Å²) in [6.07, 6.45) is 3.69. The largest absolute Gasteiger partial charge is 0.473 e. The molecule has 2 saturated heterocycles. The van der Waals surface area contributed by atoms with E-state index < -0.39 is 5.82 Å². The lowest BCUT2D eigenvalue weighted by atomic mass is 10.1. The number of hydrogen-bond acceptors (Lipinski definition) is 7. The van der Waals surface area contributed by atoms with Crippen molar-refractivity contribution in [2.45, 2.75) is 32.9 Å². The molecule has 3 unspecified atom stereocenters. The minimum atomic E-state index is -0.446. The monoisotopic (exact) mass is 538 g/mol. The van der Waals surface area contributed by atoms with Crippen molar-refractivity contribution in [3.8, 4) is 17.0 Å². The molecule has 35 heavy (non-hydrogen) atoms. The Hall–Kier alpha value is -2.33. The van der Waals surface area contributed by atoms with E-state index in [0.29, 0.717) is 11.4 Å². The van der Waals surface area contributed by atoms with Crippen LogP contribution in [0.5, 0.6) is 5.88 Å². The van der Waals surface area contributed by atoms with Crippen LogP contribution in [0, 0.1) is 23.1 Å². The highest BCUT2D eigenvalue weighted by atomic mass is 35.5. The van der Waals surface area contributed by atoms with Gasteiger partial charge in [0.1, 0.15) is 11.9 Å². The highest BCUT2D eigenvalue weighted by Gasteiger charge is 2.72. The van der Waals surface area contributed by atoms with E-state index >= 15 is 0 Å². The number of nitrogens with zero attached hydrogens (tertiary/aromatic N) is 3. The Bertz CT molecular complexity index is 1290. The van der Waals surface area contributed by atoms with Gasteiger partial charge in [0.15, 0.2) is 0 Å². The molecule has 5 heterocycles. The van der Waals surface area contributed by atoms with Gasteiger partial charge in [-0.2, -0.15) is 0 Å². The van der Waals surface area contributed by atoms with Crippen molar-refractivity contribution in [3.05, 3.63) is 41.3 Å². The van der Waals surface area contributed by atoms with Gasteiger partial charge in [0.05, 0.1) is 34.8 Å². The molecular weight excluding hydrogens is 514 g/mol. The number of pyridine rings is 2. The SMILES string of the molecule is CC1(C)C2C(=O)N(Cc3cc4nccc(-c5cc(F)cnc5OC5CCNC5)c4s3)C(=O)C21.Cl.Cl. The topological polar surface area (TPSA) is 84.4 Å². The maximum atomic E-state index is 14.2. The van der Waals surface area contributed by atoms with E-state index in [1.807, 2.05) is 26.0 Å². The molecular formula is C24H25Cl2FN4O3S. The average molecular weight is 539 g/mol. The van der Waals surface area contributed by atoms with E-state index in [1.165, 1.54) is 22.3 Å². The van der Waals surface area contributed by atoms with Gasteiger partial charge in [0, 0.05) is 28.7 Å². The van der Waals surface area contributed by atoms with E-state index in [0.717, 1.165) is 46.4 Å². The van der Waals surface area contributed by atoms with Crippen LogP contribution in [0.15, 0.2) is 30.6 Å². The van der Waals surface area contributed by atoms with Crippen molar-refractivity contribution in [3.63, 3.8) is 0 Å². The molecule has 1 saturated carbocycles. The number of carbonyl (C=O) groups is 2. The second-order valence-electron chi connectivity index (χ2n) is 9.56. The third-order valence-electron chi connectivity index (χ3n) is 7.07. The molecule has 1 aliphatic carbocycles. The van der Waals surface area contributed by atoms with Crippen molar-refractivity contribution in [2.75, 3.05) is 13.1 Å². The number of halogens is 3. The highest BCUT2D eigenvalue weighted by molar-refractivity contribution is 7.19. The summed E-state index contributed by atoms with van der Waals surface area (Å²) in [5, 5.41) is 3.25. The number of piperidine rings is 1. The standard InChI is InChI=1S/C24H23FN4O3S.2ClH/c1-24(2)18-19(24)23(31)29(22(18)30)11-14-8-17-20(33-14)15(4-6-27-17)16-7-12(25)9-28-21(16)32-13-3-5-26-10-13;;/h4,6-9,13,18-19,26H,3,5,10-11H2,1-2H3;2*1H. The summed E-state index contributed by atoms with van der Waals surface area (Å²) in [6.45, 7) is 5.78. The molecule has 2 amide bonds. The van der Waals surface area contributed by atoms with Gasteiger partial charge in [0.25, 0.3) is 0 Å². The Kier molecular flexibility index (Phi) is 6.83. The summed E-state index contributed by atoms with van der Waals surface area (Å²) < 4.78 is 21.1. The van der Waals surface area contributed by atoms with Gasteiger partial charge in [-0.05, 0) is 36.6 Å². The first-order chi connectivity index (χ1) is 15.8. The van der Waals surface area contributed by atoms with Crippen molar-refractivity contribution < 1.29 is 18.7 Å². The van der Waals surface area contributed by atoms with E-state index in [9.17, 15) is 14.0 Å². The van der Waals surface area contributed by atoms with Crippen molar-refractivity contribution in [1.82, 2.24) is 20.2 Å². The molecule has 0 spiro atoms. The molecule has 186 valence electrons. The fourth-order valence-corrected chi connectivity index (χ4v) is 6.32. The van der Waals surface area contributed by atoms with Gasteiger partial charge >= 0.3 is 0 Å². The van der Waals surface area contributed by atoms with Gasteiger partial charge in [-0.3, -0.25) is 19.5 Å². The molecule has 0 bridgehead atoms. The van der Waals surface area contributed by atoms with Crippen LogP contribution in [-0.4, -0.2) is 45.9 Å². The molecule has 7 nitrogen and oxygen atoms in total. The van der Waals surface area contributed by atoms with Crippen LogP contribution in [-0.2, 0) is 16.1 Å². The number of nitrogens with one attached hydrogen (secondary N) is 1. The quantitative estimate of drug-likeness (QED) is 0.489. The van der Waals surface area contributed by atoms with E-state index in [2.05, 4.69) is 15.3 Å². The maximum Gasteiger partial charge on any atom is 0.234 e. The summed E-state index contributed by atoms with van der Waals surface area (Å²) in [5.74, 6) is -0.627. The van der Waals surface area contributed by atoms with Crippen LogP contribution in [0.1, 0.15) is 25.1 Å². The van der Waals surface area contributed by atoms with Gasteiger partial charge in [-0.1, -0.05) is 13.8 Å². The number of aromatic nitrogens is 2. The fraction of sp³-hybridized carbons (Fsp3) is 0.417. The lowest BCUT2D eigenvalue weighted by Crippen LogP contribution is -2.35. The normalized spacial score (nSPS) is 24.2. The van der Waals surface area contributed by atoms with Gasteiger partial charge < -0.3 is 10.1 Å². The van der Waals surface area contributed by atoms with Crippen LogP contribution in [0.25, 0.3) is 21.3 Å². The molecule has 1 N–H and O–H groups in total. The molecule has 0 radical (unpaired) electrons. The second kappa shape index (κ2) is 9.28. The zero-order chi connectivity index (χ0) is 22.9. The summed E-state index contributed by atoms with van der Waals surface area (Å²) in [4.78, 5) is 36.4. The predicted molar refractivity (Wildman–Crippen MR) is 136 cm³/mol. The van der Waals surface area contributed by atoms with Crippen LogP contribution < -0.4 is 10.1 Å². The fourth-order valence-electron chi connectivity index (χ4n) is 5.19. The predicted octanol–water partition coefficient (Wildman–Crippen LogP) is 4.22. The number of thiophene rings is 1. The lowest BCUT2D eigenvalue weighted by molar-refractivity contribution is -0.143. The lowest BCUT2D eigenvalue weighted by Gasteiger charge is -2.19. The summed E-state index contributed by atoms with van der Waals surface area (Å²) in [5.41, 5.74) is 1.84. The first kappa shape index (κ1) is 25.8. The van der Waals surface area contributed by atoms with Crippen LogP contribution in [0.4, 0.5) is 4.39 Å². The summed E-state index contributed by atoms with van der Waals surface area (Å²) >= 11 is 1.46. The van der Waals surface area contributed by atoms with E-state index in [1.54, 1.807) is 6.20 Å². The van der Waals surface area contributed by atoms with Gasteiger partial charge in [0.2, 0.25) is 17.7 Å². The number of ether oxygens (including phenoxy) is 1. The molecule has 3 aromatic rings. The molecule has 3 aromatic heterocycles. The van der Waals surface area contributed by atoms with Gasteiger partial charge in [-0.15, -0.1) is 36.2 Å². The number of fused-ring (bicyclic) bond motifs is 2. The smallest absolute Gasteiger partial charge is 0.234 e. The van der Waals surface area contributed by atoms with Crippen LogP contribution >= 0.6 is 36.2 Å². The van der Waals surface area contributed by atoms with Crippen molar-refractivity contribution in [2.24, 2.45) is 17.3 Å². The van der Waals surface area contributed by atoms with Crippen molar-refractivity contribution in [1.29, 1.82) is 0 Å². The van der Waals surface area contributed by atoms with E-state index in [4.69, 9.17) is 4.74 Å². The number of carbonyl (C=O) groups excluding carboxylic acids is 2. The Morgan fingerprint density at radius 3 is 2.60 bits per heavy atom. The minimum Gasteiger partial charge on any atom is -0.473 e. The second-order valence-corrected chi connectivity index (χ2v) is 10.7. The molecule has 2 aliphatic heterocycles. The van der Waals surface area contributed by atoms with Crippen LogP contribution in [0.2, 0.25) is 0 Å². The maximum absolute atomic E-state index is 14.2. The molecule has 3 fully saturated rings. The zero-order valence-electron chi connectivity index (χ0n) is 19.1. The third-order valence-corrected chi connectivity index (χ3v) is 8.21. The summed E-state index contributed by atoms with van der Waals surface area (Å²) in [6, 6.07) is 5.15. The zero-order valence-corrected chi connectivity index (χ0v) is 21.6. The molecule has 0 aromatic carbocycles. The van der Waals surface area contributed by atoms with Crippen molar-refractivity contribution >= 4 is 58.2 Å². The summed E-state index contributed by atoms with van der Waals surface area (Å²) in [7, 11) is 0. The van der Waals surface area contributed by atoms with Crippen LogP contribution in [0.3, 0.4) is 0 Å². The highest BCUT2D eigenvalue weighted by Crippen LogP contribution is 2.63. The molecule has 11 heteroatoms. The minimum absolute atomic E-state index is 0. The average Bonchev–Trinajstić information content (AvgIpc) is 3.23. The Morgan fingerprint density at radius 2 is 1.91 bits per heavy atom. The number of rotatable bonds is 5. The molecule has 3 atom stereocenters. The Morgan fingerprint density at radius 1 is 1.17 bits per heavy atom. The molecule has 6 rings (SSSR count). The molecule has 3 aliphatic rings. The number of hydrogen-bond donors (Lipinski definition) is 1.